The van der Waals surface area contributed by atoms with E-state index in [2.05, 4.69) is 50.5 Å². The molecule has 1 heterocycles. The van der Waals surface area contributed by atoms with Crippen molar-refractivity contribution in [1.82, 2.24) is 0 Å². The minimum absolute atomic E-state index is 0.151. The largest absolute Gasteiger partial charge is 0.346 e. The van der Waals surface area contributed by atoms with Gasteiger partial charge in [-0.2, -0.15) is 0 Å². The summed E-state index contributed by atoms with van der Waals surface area (Å²) in [6.07, 6.45) is 1.12. The Balaban J connectivity index is 2.39. The predicted octanol–water partition coefficient (Wildman–Crippen LogP) is 3.65. The Kier molecular flexibility index (Phi) is 3.01. The van der Waals surface area contributed by atoms with E-state index in [9.17, 15) is 0 Å². The van der Waals surface area contributed by atoms with Crippen LogP contribution in [0, 0.1) is 5.41 Å². The van der Waals surface area contributed by atoms with E-state index in [1.54, 1.807) is 0 Å². The molecule has 92 valence electrons. The molecule has 1 aliphatic carbocycles. The van der Waals surface area contributed by atoms with E-state index in [0.29, 0.717) is 6.61 Å². The molecule has 0 N–H and O–H groups in total. The van der Waals surface area contributed by atoms with Crippen molar-refractivity contribution in [2.75, 3.05) is 6.61 Å². The van der Waals surface area contributed by atoms with Crippen LogP contribution < -0.4 is 0 Å². The Bertz CT molecular complexity index is 335. The van der Waals surface area contributed by atoms with Gasteiger partial charge in [-0.3, -0.25) is 0 Å². The van der Waals surface area contributed by atoms with Gasteiger partial charge in [-0.15, -0.1) is 0 Å². The van der Waals surface area contributed by atoms with E-state index < -0.39 is 5.79 Å². The summed E-state index contributed by atoms with van der Waals surface area (Å²) in [5.74, 6) is -0.452. The Morgan fingerprint density at radius 3 is 2.44 bits per heavy atom. The maximum atomic E-state index is 6.05. The van der Waals surface area contributed by atoms with Crippen LogP contribution in [0.5, 0.6) is 0 Å². The first-order chi connectivity index (χ1) is 7.28. The van der Waals surface area contributed by atoms with Gasteiger partial charge in [0.05, 0.1) is 17.5 Å². The van der Waals surface area contributed by atoms with Crippen molar-refractivity contribution in [3.63, 3.8) is 0 Å². The zero-order valence-corrected chi connectivity index (χ0v) is 12.3. The molecular weight excluding hydrogens is 268 g/mol. The Labute approximate surface area is 107 Å². The van der Waals surface area contributed by atoms with Gasteiger partial charge in [0, 0.05) is 6.42 Å². The van der Waals surface area contributed by atoms with Gasteiger partial charge in [0.1, 0.15) is 0 Å². The maximum absolute atomic E-state index is 6.05. The first-order valence-electron chi connectivity index (χ1n) is 5.92. The van der Waals surface area contributed by atoms with Gasteiger partial charge in [0.25, 0.3) is 0 Å². The third-order valence-corrected chi connectivity index (χ3v) is 5.41. The Hall–Kier alpha value is 0.140. The van der Waals surface area contributed by atoms with Gasteiger partial charge in [0.15, 0.2) is 5.79 Å². The van der Waals surface area contributed by atoms with E-state index in [1.165, 1.54) is 11.1 Å². The van der Waals surface area contributed by atoms with Crippen molar-refractivity contribution in [2.24, 2.45) is 5.41 Å². The molecule has 0 aromatic heterocycles. The molecule has 1 saturated heterocycles. The minimum Gasteiger partial charge on any atom is -0.346 e. The summed E-state index contributed by atoms with van der Waals surface area (Å²) in [6.45, 7) is 11.7. The highest BCUT2D eigenvalue weighted by molar-refractivity contribution is 9.09. The van der Waals surface area contributed by atoms with Gasteiger partial charge in [0.2, 0.25) is 0 Å². The minimum atomic E-state index is -0.452. The van der Waals surface area contributed by atoms with Gasteiger partial charge in [-0.05, 0) is 26.2 Å². The van der Waals surface area contributed by atoms with Crippen LogP contribution in [0.2, 0.25) is 0 Å². The second-order valence-electron chi connectivity index (χ2n) is 5.78. The molecule has 0 aromatic rings. The summed E-state index contributed by atoms with van der Waals surface area (Å²) in [7, 11) is 0. The summed E-state index contributed by atoms with van der Waals surface area (Å²) in [5, 5.41) is 0. The van der Waals surface area contributed by atoms with Crippen molar-refractivity contribution in [3.05, 3.63) is 11.1 Å². The number of hydrogen-bond donors (Lipinski definition) is 0. The Morgan fingerprint density at radius 1 is 1.31 bits per heavy atom. The van der Waals surface area contributed by atoms with Crippen molar-refractivity contribution >= 4 is 15.9 Å². The summed E-state index contributed by atoms with van der Waals surface area (Å²) in [5.41, 5.74) is 2.95. The molecular formula is C13H21BrO2. The lowest BCUT2D eigenvalue weighted by molar-refractivity contribution is -0.181. The molecule has 1 fully saturated rings. The van der Waals surface area contributed by atoms with Crippen molar-refractivity contribution in [2.45, 2.75) is 57.8 Å². The molecule has 3 heteroatoms. The number of ether oxygens (including phenoxy) is 2. The smallest absolute Gasteiger partial charge is 0.185 e. The summed E-state index contributed by atoms with van der Waals surface area (Å²) in [6, 6.07) is 0. The lowest BCUT2D eigenvalue weighted by Crippen LogP contribution is -2.49. The second kappa shape index (κ2) is 3.82. The molecule has 2 nitrogen and oxygen atoms in total. The molecule has 1 spiro atoms. The highest BCUT2D eigenvalue weighted by Crippen LogP contribution is 2.51. The summed E-state index contributed by atoms with van der Waals surface area (Å²) >= 11 is 3.75. The molecule has 3 atom stereocenters. The number of halogens is 1. The highest BCUT2D eigenvalue weighted by atomic mass is 79.9. The van der Waals surface area contributed by atoms with Crippen LogP contribution in [-0.2, 0) is 9.47 Å². The van der Waals surface area contributed by atoms with Crippen molar-refractivity contribution in [1.29, 1.82) is 0 Å². The summed E-state index contributed by atoms with van der Waals surface area (Å²) in [4.78, 5) is 0.179. The Morgan fingerprint density at radius 2 is 1.94 bits per heavy atom. The molecule has 2 aliphatic rings. The fourth-order valence-corrected chi connectivity index (χ4v) is 3.53. The quantitative estimate of drug-likeness (QED) is 0.500. The van der Waals surface area contributed by atoms with Gasteiger partial charge < -0.3 is 9.47 Å². The average Bonchev–Trinajstić information content (AvgIpc) is 2.55. The molecule has 0 saturated carbocycles. The maximum Gasteiger partial charge on any atom is 0.185 e. The zero-order valence-electron chi connectivity index (χ0n) is 10.8. The first kappa shape index (κ1) is 12.6. The molecule has 0 amide bonds. The lowest BCUT2D eigenvalue weighted by atomic mass is 9.71. The standard InChI is InChI=1S/C13H21BrO2/c1-8-6-15-13(16-8)7-12(4,5)10(3)9(2)11(13)14/h8,11H,6-7H2,1-5H3. The van der Waals surface area contributed by atoms with Crippen LogP contribution in [0.4, 0.5) is 0 Å². The lowest BCUT2D eigenvalue weighted by Gasteiger charge is -2.45. The van der Waals surface area contributed by atoms with E-state index in [1.807, 2.05) is 0 Å². The summed E-state index contributed by atoms with van der Waals surface area (Å²) < 4.78 is 12.0. The van der Waals surface area contributed by atoms with Crippen molar-refractivity contribution < 1.29 is 9.47 Å². The molecule has 0 aromatic carbocycles. The van der Waals surface area contributed by atoms with Gasteiger partial charge in [-0.1, -0.05) is 40.9 Å². The van der Waals surface area contributed by atoms with Crippen LogP contribution in [0.25, 0.3) is 0 Å². The molecule has 1 aliphatic heterocycles. The van der Waals surface area contributed by atoms with E-state index in [0.717, 1.165) is 6.42 Å². The molecule has 0 radical (unpaired) electrons. The predicted molar refractivity (Wildman–Crippen MR) is 68.7 cm³/mol. The number of rotatable bonds is 0. The second-order valence-corrected chi connectivity index (χ2v) is 6.70. The monoisotopic (exact) mass is 288 g/mol. The van der Waals surface area contributed by atoms with E-state index in [-0.39, 0.29) is 16.3 Å². The number of hydrogen-bond acceptors (Lipinski definition) is 2. The number of allylic oxidation sites excluding steroid dienone is 1. The molecule has 0 bridgehead atoms. The van der Waals surface area contributed by atoms with Crippen LogP contribution in [0.1, 0.15) is 41.0 Å². The van der Waals surface area contributed by atoms with Crippen LogP contribution in [0.3, 0.4) is 0 Å². The van der Waals surface area contributed by atoms with Crippen LogP contribution in [0.15, 0.2) is 11.1 Å². The molecule has 16 heavy (non-hydrogen) atoms. The van der Waals surface area contributed by atoms with Crippen LogP contribution in [-0.4, -0.2) is 23.3 Å². The van der Waals surface area contributed by atoms with Crippen molar-refractivity contribution in [3.8, 4) is 0 Å². The zero-order chi connectivity index (χ0) is 12.1. The fourth-order valence-electron chi connectivity index (χ4n) is 2.78. The first-order valence-corrected chi connectivity index (χ1v) is 6.84. The third kappa shape index (κ3) is 1.77. The highest BCUT2D eigenvalue weighted by Gasteiger charge is 2.53. The SMILES string of the molecule is CC1=C(C)C(C)(C)CC2(OCC(C)O2)C1Br. The topological polar surface area (TPSA) is 18.5 Å². The molecule has 2 rings (SSSR count). The van der Waals surface area contributed by atoms with Gasteiger partial charge >= 0.3 is 0 Å². The average molecular weight is 289 g/mol. The number of alkyl halides is 1. The van der Waals surface area contributed by atoms with E-state index >= 15 is 0 Å². The van der Waals surface area contributed by atoms with Crippen LogP contribution >= 0.6 is 15.9 Å². The van der Waals surface area contributed by atoms with Gasteiger partial charge in [-0.25, -0.2) is 0 Å². The normalized spacial score (nSPS) is 43.1. The fraction of sp³-hybridized carbons (Fsp3) is 0.846. The third-order valence-electron chi connectivity index (χ3n) is 4.02. The van der Waals surface area contributed by atoms with E-state index in [4.69, 9.17) is 9.47 Å². The molecule has 3 unspecified atom stereocenters.